The molecule has 0 amide bonds. The Balaban J connectivity index is 0.000000200. The number of nitrogens with zero attached hydrogens (tertiary/aromatic N) is 1. The number of phenolic OH excluding ortho intramolecular Hbond substituents is 1. The highest BCUT2D eigenvalue weighted by molar-refractivity contribution is 9.11. The van der Waals surface area contributed by atoms with E-state index in [-0.39, 0.29) is 11.3 Å². The molecule has 0 saturated heterocycles. The number of hydrogen-bond acceptors (Lipinski definition) is 5. The molecule has 0 aliphatic rings. The summed E-state index contributed by atoms with van der Waals surface area (Å²) in [5.41, 5.74) is 2.69. The topological polar surface area (TPSA) is 88.2 Å². The van der Waals surface area contributed by atoms with E-state index in [2.05, 4.69) is 42.3 Å². The average Bonchev–Trinajstić information content (AvgIpc) is 2.44. The number of aldehydes is 1. The summed E-state index contributed by atoms with van der Waals surface area (Å²) in [6.07, 6.45) is 2.28. The average molecular weight is 389 g/mol. The Morgan fingerprint density at radius 3 is 2.53 bits per heavy atom. The number of nitrogens with two attached hydrogens (primary N) is 1. The van der Waals surface area contributed by atoms with Crippen LogP contribution in [0.1, 0.15) is 10.4 Å². The minimum Gasteiger partial charge on any atom is -0.506 e. The lowest BCUT2D eigenvalue weighted by Gasteiger charge is -1.99. The summed E-state index contributed by atoms with van der Waals surface area (Å²) in [4.78, 5) is 14.2. The van der Waals surface area contributed by atoms with Gasteiger partial charge in [0.05, 0.1) is 10.0 Å². The van der Waals surface area contributed by atoms with Crippen LogP contribution in [0, 0.1) is 0 Å². The Morgan fingerprint density at radius 1 is 1.32 bits per heavy atom. The third-order valence-electron chi connectivity index (χ3n) is 2.00. The molecular weight excluding hydrogens is 378 g/mol. The smallest absolute Gasteiger partial charge is 0.153 e. The molecule has 100 valence electrons. The molecule has 1 aromatic carbocycles. The van der Waals surface area contributed by atoms with Crippen LogP contribution in [0.4, 0.5) is 5.82 Å². The van der Waals surface area contributed by atoms with Crippen LogP contribution < -0.4 is 11.3 Å². The van der Waals surface area contributed by atoms with Crippen molar-refractivity contribution in [1.29, 1.82) is 0 Å². The molecule has 0 aliphatic carbocycles. The van der Waals surface area contributed by atoms with E-state index in [4.69, 9.17) is 5.84 Å². The Hall–Kier alpha value is -1.44. The first-order valence-electron chi connectivity index (χ1n) is 5.09. The molecule has 0 saturated carbocycles. The molecule has 2 aromatic rings. The fourth-order valence-corrected chi connectivity index (χ4v) is 2.38. The van der Waals surface area contributed by atoms with Crippen LogP contribution in [0.3, 0.4) is 0 Å². The fourth-order valence-electron chi connectivity index (χ4n) is 1.12. The van der Waals surface area contributed by atoms with Gasteiger partial charge in [0.25, 0.3) is 0 Å². The Labute approximate surface area is 127 Å². The first-order valence-corrected chi connectivity index (χ1v) is 6.68. The molecule has 7 heteroatoms. The summed E-state index contributed by atoms with van der Waals surface area (Å²) < 4.78 is 1.26. The number of phenols is 1. The second-order valence-electron chi connectivity index (χ2n) is 3.30. The number of benzene rings is 1. The Kier molecular flexibility index (Phi) is 6.48. The summed E-state index contributed by atoms with van der Waals surface area (Å²) in [5.74, 6) is 5.70. The van der Waals surface area contributed by atoms with Crippen LogP contribution in [0.5, 0.6) is 5.75 Å². The van der Waals surface area contributed by atoms with Crippen molar-refractivity contribution in [3.8, 4) is 5.75 Å². The Bertz CT molecular complexity index is 550. The zero-order valence-corrected chi connectivity index (χ0v) is 12.8. The van der Waals surface area contributed by atoms with Gasteiger partial charge in [-0.3, -0.25) is 4.79 Å². The number of hydrogen-bond donors (Lipinski definition) is 3. The van der Waals surface area contributed by atoms with E-state index in [9.17, 15) is 9.90 Å². The lowest BCUT2D eigenvalue weighted by atomic mass is 10.2. The van der Waals surface area contributed by atoms with Crippen molar-refractivity contribution in [1.82, 2.24) is 4.98 Å². The second kappa shape index (κ2) is 7.88. The number of aromatic nitrogens is 1. The third-order valence-corrected chi connectivity index (χ3v) is 3.06. The summed E-state index contributed by atoms with van der Waals surface area (Å²) in [5, 5.41) is 9.22. The van der Waals surface area contributed by atoms with Gasteiger partial charge in [-0.1, -0.05) is 22.0 Å². The van der Waals surface area contributed by atoms with Crippen LogP contribution in [0.15, 0.2) is 45.5 Å². The van der Waals surface area contributed by atoms with E-state index in [0.29, 0.717) is 16.6 Å². The van der Waals surface area contributed by atoms with Crippen molar-refractivity contribution in [3.63, 3.8) is 0 Å². The van der Waals surface area contributed by atoms with Crippen LogP contribution in [-0.4, -0.2) is 16.4 Å². The summed E-state index contributed by atoms with van der Waals surface area (Å²) in [7, 11) is 0. The van der Waals surface area contributed by atoms with Crippen LogP contribution in [0.25, 0.3) is 0 Å². The second-order valence-corrected chi connectivity index (χ2v) is 5.07. The molecule has 5 nitrogen and oxygen atoms in total. The molecule has 0 unspecified atom stereocenters. The lowest BCUT2D eigenvalue weighted by Crippen LogP contribution is -2.07. The van der Waals surface area contributed by atoms with Crippen LogP contribution in [-0.2, 0) is 0 Å². The molecule has 19 heavy (non-hydrogen) atoms. The van der Waals surface area contributed by atoms with Crippen molar-refractivity contribution in [3.05, 3.63) is 51.0 Å². The van der Waals surface area contributed by atoms with Gasteiger partial charge in [0.15, 0.2) is 6.29 Å². The van der Waals surface area contributed by atoms with E-state index in [1.807, 2.05) is 12.1 Å². The number of nitrogen functional groups attached to an aromatic ring is 1. The van der Waals surface area contributed by atoms with Crippen LogP contribution >= 0.6 is 31.9 Å². The number of nitrogens with one attached hydrogen (secondary N) is 1. The highest BCUT2D eigenvalue weighted by Gasteiger charge is 2.05. The van der Waals surface area contributed by atoms with Gasteiger partial charge in [-0.2, -0.15) is 0 Å². The van der Waals surface area contributed by atoms with Crippen molar-refractivity contribution in [2.45, 2.75) is 0 Å². The SMILES string of the molecule is NNc1ccccn1.O=Cc1cc(Br)cc(Br)c1O. The van der Waals surface area contributed by atoms with Gasteiger partial charge in [-0.25, -0.2) is 10.8 Å². The summed E-state index contributed by atoms with van der Waals surface area (Å²) >= 11 is 6.29. The molecular formula is C12H11Br2N3O2. The molecule has 0 spiro atoms. The van der Waals surface area contributed by atoms with Crippen molar-refractivity contribution >= 4 is 44.0 Å². The number of anilines is 1. The number of carbonyl (C=O) groups excluding carboxylic acids is 1. The number of hydrazine groups is 1. The normalized spacial score (nSPS) is 9.21. The van der Waals surface area contributed by atoms with Gasteiger partial charge in [-0.15, -0.1) is 0 Å². The largest absolute Gasteiger partial charge is 0.506 e. The summed E-state index contributed by atoms with van der Waals surface area (Å²) in [6, 6.07) is 8.71. The predicted octanol–water partition coefficient (Wildman–Crippen LogP) is 3.10. The maximum Gasteiger partial charge on any atom is 0.153 e. The molecule has 0 radical (unpaired) electrons. The minimum absolute atomic E-state index is 0.0248. The van der Waals surface area contributed by atoms with Gasteiger partial charge in [-0.05, 0) is 40.2 Å². The fraction of sp³-hybridized carbons (Fsp3) is 0. The van der Waals surface area contributed by atoms with E-state index in [1.165, 1.54) is 0 Å². The molecule has 0 aliphatic heterocycles. The lowest BCUT2D eigenvalue weighted by molar-refractivity contribution is 0.112. The van der Waals surface area contributed by atoms with E-state index < -0.39 is 0 Å². The van der Waals surface area contributed by atoms with Gasteiger partial charge < -0.3 is 10.5 Å². The van der Waals surface area contributed by atoms with Gasteiger partial charge in [0.2, 0.25) is 0 Å². The molecule has 0 fully saturated rings. The zero-order valence-electron chi connectivity index (χ0n) is 9.68. The molecule has 4 N–H and O–H groups in total. The first kappa shape index (κ1) is 15.6. The first-order chi connectivity index (χ1) is 9.08. The van der Waals surface area contributed by atoms with Crippen molar-refractivity contribution < 1.29 is 9.90 Å². The monoisotopic (exact) mass is 387 g/mol. The Morgan fingerprint density at radius 2 is 2.05 bits per heavy atom. The molecule has 0 atom stereocenters. The number of aromatic hydroxyl groups is 1. The summed E-state index contributed by atoms with van der Waals surface area (Å²) in [6.45, 7) is 0. The van der Waals surface area contributed by atoms with Gasteiger partial charge >= 0.3 is 0 Å². The number of pyridine rings is 1. The van der Waals surface area contributed by atoms with Gasteiger partial charge in [0, 0.05) is 10.7 Å². The quantitative estimate of drug-likeness (QED) is 0.418. The third kappa shape index (κ3) is 4.98. The van der Waals surface area contributed by atoms with Crippen molar-refractivity contribution in [2.75, 3.05) is 5.43 Å². The molecule has 1 heterocycles. The van der Waals surface area contributed by atoms with E-state index in [0.717, 1.165) is 4.47 Å². The number of rotatable bonds is 2. The van der Waals surface area contributed by atoms with E-state index >= 15 is 0 Å². The predicted molar refractivity (Wildman–Crippen MR) is 80.9 cm³/mol. The number of carbonyl (C=O) groups is 1. The van der Waals surface area contributed by atoms with E-state index in [1.54, 1.807) is 24.4 Å². The maximum atomic E-state index is 10.3. The molecule has 2 rings (SSSR count). The van der Waals surface area contributed by atoms with Crippen LogP contribution in [0.2, 0.25) is 0 Å². The molecule has 0 bridgehead atoms. The zero-order chi connectivity index (χ0) is 14.3. The van der Waals surface area contributed by atoms with Crippen molar-refractivity contribution in [2.24, 2.45) is 5.84 Å². The van der Waals surface area contributed by atoms with Gasteiger partial charge in [0.1, 0.15) is 11.6 Å². The maximum absolute atomic E-state index is 10.3. The molecule has 1 aromatic heterocycles. The standard InChI is InChI=1S/C7H4Br2O2.C5H7N3/c8-5-1-4(3-10)7(11)6(9)2-5;6-8-5-3-1-2-4-7-5/h1-3,11H;1-4H,6H2,(H,7,8). The highest BCUT2D eigenvalue weighted by Crippen LogP contribution is 2.30. The highest BCUT2D eigenvalue weighted by atomic mass is 79.9. The number of halogens is 2. The minimum atomic E-state index is -0.0248.